The third kappa shape index (κ3) is 3.56. The predicted molar refractivity (Wildman–Crippen MR) is 114 cm³/mol. The zero-order chi connectivity index (χ0) is 21.4. The summed E-state index contributed by atoms with van der Waals surface area (Å²) in [5.41, 5.74) is 1.98. The Labute approximate surface area is 180 Å². The zero-order valence-electron chi connectivity index (χ0n) is 17.7. The second-order valence-corrected chi connectivity index (χ2v) is 8.47. The number of methoxy groups -OCH3 is 1. The Hall–Kier alpha value is -2.94. The molecule has 9 nitrogen and oxygen atoms in total. The summed E-state index contributed by atoms with van der Waals surface area (Å²) in [5.74, 6) is 1.18. The van der Waals surface area contributed by atoms with E-state index in [-0.39, 0.29) is 16.9 Å². The van der Waals surface area contributed by atoms with E-state index in [1.54, 1.807) is 25.4 Å². The first-order valence-corrected chi connectivity index (χ1v) is 10.9. The average molecular weight is 425 g/mol. The quantitative estimate of drug-likeness (QED) is 0.787. The number of carbonyl (C=O) groups excluding carboxylic acids is 1. The van der Waals surface area contributed by atoms with Gasteiger partial charge in [0.15, 0.2) is 0 Å². The Balaban J connectivity index is 1.36. The molecule has 3 aliphatic rings. The van der Waals surface area contributed by atoms with Crippen LogP contribution in [0.4, 0.5) is 5.95 Å². The number of nitrogens with zero attached hydrogens (tertiary/aromatic N) is 4. The van der Waals surface area contributed by atoms with Crippen molar-refractivity contribution in [3.05, 3.63) is 45.6 Å². The number of nitrogens with one attached hydrogen (secondary N) is 1. The van der Waals surface area contributed by atoms with Crippen molar-refractivity contribution >= 4 is 11.9 Å². The van der Waals surface area contributed by atoms with E-state index in [0.717, 1.165) is 50.0 Å². The number of likely N-dealkylation sites (tertiary alicyclic amines) is 1. The summed E-state index contributed by atoms with van der Waals surface area (Å²) in [4.78, 5) is 41.8. The van der Waals surface area contributed by atoms with Gasteiger partial charge in [0.2, 0.25) is 5.95 Å². The van der Waals surface area contributed by atoms with Gasteiger partial charge in [0.05, 0.1) is 26.0 Å². The minimum absolute atomic E-state index is 0.0255. The molecule has 0 aromatic carbocycles. The number of morpholine rings is 1. The summed E-state index contributed by atoms with van der Waals surface area (Å²) >= 11 is 0. The molecule has 2 aliphatic heterocycles. The van der Waals surface area contributed by atoms with E-state index >= 15 is 0 Å². The molecule has 4 heterocycles. The van der Waals surface area contributed by atoms with E-state index in [1.165, 1.54) is 0 Å². The normalized spacial score (nSPS) is 20.0. The zero-order valence-corrected chi connectivity index (χ0v) is 17.7. The van der Waals surface area contributed by atoms with Crippen LogP contribution < -0.4 is 15.2 Å². The van der Waals surface area contributed by atoms with Crippen LogP contribution in [-0.2, 0) is 16.6 Å². The molecule has 2 saturated heterocycles. The van der Waals surface area contributed by atoms with Crippen molar-refractivity contribution in [2.24, 2.45) is 0 Å². The lowest BCUT2D eigenvalue weighted by Gasteiger charge is -2.39. The van der Waals surface area contributed by atoms with Crippen LogP contribution in [-0.4, -0.2) is 72.3 Å². The fourth-order valence-electron chi connectivity index (χ4n) is 5.01. The average Bonchev–Trinajstić information content (AvgIpc) is 3.18. The molecule has 0 radical (unpaired) electrons. The van der Waals surface area contributed by atoms with Gasteiger partial charge in [0, 0.05) is 49.4 Å². The van der Waals surface area contributed by atoms with E-state index in [4.69, 9.17) is 14.5 Å². The summed E-state index contributed by atoms with van der Waals surface area (Å²) in [6.45, 7) is 3.98. The summed E-state index contributed by atoms with van der Waals surface area (Å²) < 4.78 is 10.6. The minimum Gasteiger partial charge on any atom is -0.497 e. The van der Waals surface area contributed by atoms with Gasteiger partial charge in [-0.2, -0.15) is 0 Å². The van der Waals surface area contributed by atoms with Crippen LogP contribution in [0.15, 0.2) is 23.1 Å². The highest BCUT2D eigenvalue weighted by Crippen LogP contribution is 2.44. The first kappa shape index (κ1) is 20.0. The van der Waals surface area contributed by atoms with E-state index < -0.39 is 0 Å². The van der Waals surface area contributed by atoms with Crippen molar-refractivity contribution < 1.29 is 14.3 Å². The van der Waals surface area contributed by atoms with Gasteiger partial charge in [-0.3, -0.25) is 19.6 Å². The third-order valence-electron chi connectivity index (χ3n) is 6.86. The molecule has 0 saturated carbocycles. The van der Waals surface area contributed by atoms with Gasteiger partial charge >= 0.3 is 0 Å². The predicted octanol–water partition coefficient (Wildman–Crippen LogP) is 1.13. The number of fused-ring (bicyclic) bond motifs is 2. The molecule has 0 unspecified atom stereocenters. The minimum atomic E-state index is -0.136. The Morgan fingerprint density at radius 1 is 1.19 bits per heavy atom. The van der Waals surface area contributed by atoms with Crippen molar-refractivity contribution in [3.63, 3.8) is 0 Å². The van der Waals surface area contributed by atoms with Gasteiger partial charge in [-0.1, -0.05) is 0 Å². The number of H-pyrrole nitrogens is 1. The van der Waals surface area contributed by atoms with Crippen LogP contribution >= 0.6 is 0 Å². The molecule has 1 spiro atoms. The highest BCUT2D eigenvalue weighted by atomic mass is 16.5. The van der Waals surface area contributed by atoms with Gasteiger partial charge in [0.1, 0.15) is 11.4 Å². The molecule has 1 N–H and O–H groups in total. The van der Waals surface area contributed by atoms with Crippen molar-refractivity contribution in [1.82, 2.24) is 19.9 Å². The van der Waals surface area contributed by atoms with Crippen LogP contribution in [0.2, 0.25) is 0 Å². The molecule has 2 aromatic heterocycles. The lowest BCUT2D eigenvalue weighted by Crippen LogP contribution is -2.45. The number of piperidine rings is 1. The van der Waals surface area contributed by atoms with Crippen molar-refractivity contribution in [2.75, 3.05) is 51.4 Å². The van der Waals surface area contributed by atoms with E-state index in [9.17, 15) is 9.59 Å². The number of hydrogen-bond donors (Lipinski definition) is 1. The SMILES string of the molecule is COc1ccnc(C(=O)N2CCC3(CCc4c3nc(N3CCOCC3)[nH]c4=O)CC2)c1. The van der Waals surface area contributed by atoms with Crippen LogP contribution in [0.25, 0.3) is 0 Å². The molecule has 0 bridgehead atoms. The molecule has 1 aliphatic carbocycles. The number of ether oxygens (including phenoxy) is 2. The lowest BCUT2D eigenvalue weighted by atomic mass is 9.76. The molecule has 9 heteroatoms. The summed E-state index contributed by atoms with van der Waals surface area (Å²) in [6, 6.07) is 3.40. The highest BCUT2D eigenvalue weighted by molar-refractivity contribution is 5.92. The fraction of sp³-hybridized carbons (Fsp3) is 0.545. The number of aromatic amines is 1. The Bertz CT molecular complexity index is 1040. The van der Waals surface area contributed by atoms with E-state index in [1.807, 2.05) is 4.90 Å². The largest absolute Gasteiger partial charge is 0.497 e. The molecule has 31 heavy (non-hydrogen) atoms. The second kappa shape index (κ2) is 7.96. The molecule has 2 fully saturated rings. The van der Waals surface area contributed by atoms with Gasteiger partial charge < -0.3 is 19.3 Å². The molecule has 1 amide bonds. The van der Waals surface area contributed by atoms with E-state index in [2.05, 4.69) is 14.9 Å². The number of anilines is 1. The molecule has 0 atom stereocenters. The Morgan fingerprint density at radius 3 is 2.71 bits per heavy atom. The van der Waals surface area contributed by atoms with Crippen molar-refractivity contribution in [2.45, 2.75) is 31.1 Å². The summed E-state index contributed by atoms with van der Waals surface area (Å²) in [7, 11) is 1.58. The number of aromatic nitrogens is 3. The van der Waals surface area contributed by atoms with Gasteiger partial charge in [0.25, 0.3) is 11.5 Å². The van der Waals surface area contributed by atoms with Crippen LogP contribution in [0, 0.1) is 0 Å². The topological polar surface area (TPSA) is 101 Å². The monoisotopic (exact) mass is 425 g/mol. The highest BCUT2D eigenvalue weighted by Gasteiger charge is 2.45. The molecular weight excluding hydrogens is 398 g/mol. The molecular formula is C22H27N5O4. The molecule has 2 aromatic rings. The standard InChI is InChI=1S/C22H27N5O4/c1-30-15-3-7-23-17(14-15)20(29)26-8-5-22(6-9-26)4-2-16-18(22)24-21(25-19(16)28)27-10-12-31-13-11-27/h3,7,14H,2,4-6,8-13H2,1H3,(H,24,25,28). The van der Waals surface area contributed by atoms with Crippen molar-refractivity contribution in [3.8, 4) is 5.75 Å². The number of amides is 1. The lowest BCUT2D eigenvalue weighted by molar-refractivity contribution is 0.0657. The van der Waals surface area contributed by atoms with Gasteiger partial charge in [-0.05, 0) is 31.7 Å². The molecule has 164 valence electrons. The van der Waals surface area contributed by atoms with Crippen LogP contribution in [0.5, 0.6) is 5.75 Å². The van der Waals surface area contributed by atoms with E-state index in [0.29, 0.717) is 43.7 Å². The maximum atomic E-state index is 13.0. The van der Waals surface area contributed by atoms with Gasteiger partial charge in [-0.25, -0.2) is 4.98 Å². The number of carbonyl (C=O) groups is 1. The van der Waals surface area contributed by atoms with Crippen LogP contribution in [0.1, 0.15) is 41.0 Å². The Morgan fingerprint density at radius 2 is 1.97 bits per heavy atom. The van der Waals surface area contributed by atoms with Gasteiger partial charge in [-0.15, -0.1) is 0 Å². The molecule has 5 rings (SSSR count). The smallest absolute Gasteiger partial charge is 0.272 e. The third-order valence-corrected chi connectivity index (χ3v) is 6.86. The Kier molecular flexibility index (Phi) is 5.13. The maximum Gasteiger partial charge on any atom is 0.272 e. The fourth-order valence-corrected chi connectivity index (χ4v) is 5.01. The van der Waals surface area contributed by atoms with Crippen molar-refractivity contribution in [1.29, 1.82) is 0 Å². The first-order valence-electron chi connectivity index (χ1n) is 10.9. The number of pyridine rings is 1. The summed E-state index contributed by atoms with van der Waals surface area (Å²) in [5, 5.41) is 0. The summed E-state index contributed by atoms with van der Waals surface area (Å²) in [6.07, 6.45) is 4.84. The maximum absolute atomic E-state index is 13.0. The van der Waals surface area contributed by atoms with Crippen LogP contribution in [0.3, 0.4) is 0 Å². The second-order valence-electron chi connectivity index (χ2n) is 8.47. The first-order chi connectivity index (χ1) is 15.1. The number of hydrogen-bond acceptors (Lipinski definition) is 7. The number of rotatable bonds is 3.